The minimum atomic E-state index is -3.96. The van der Waals surface area contributed by atoms with E-state index < -0.39 is 21.8 Å². The van der Waals surface area contributed by atoms with Gasteiger partial charge in [0, 0.05) is 34.6 Å². The number of hydrogen-bond donors (Lipinski definition) is 1. The predicted octanol–water partition coefficient (Wildman–Crippen LogP) is 4.02. The quantitative estimate of drug-likeness (QED) is 0.511. The Morgan fingerprint density at radius 2 is 1.47 bits per heavy atom. The standard InChI is InChI=1S/C23H16N2O4S/c1-25-22(26)18-8-4-7-17-20(12-11-19(21(17)18)23(25)27)30(28,29)24-16-10-9-14-5-2-3-6-15(14)13-16/h2-13,24H,1H3. The van der Waals surface area contributed by atoms with Gasteiger partial charge in [0.05, 0.1) is 4.90 Å². The van der Waals surface area contributed by atoms with Crippen molar-refractivity contribution in [3.8, 4) is 0 Å². The van der Waals surface area contributed by atoms with Crippen molar-refractivity contribution in [1.29, 1.82) is 0 Å². The Balaban J connectivity index is 1.66. The molecule has 0 atom stereocenters. The number of imide groups is 1. The highest BCUT2D eigenvalue weighted by molar-refractivity contribution is 7.93. The van der Waals surface area contributed by atoms with E-state index >= 15 is 0 Å². The second kappa shape index (κ2) is 6.40. The molecule has 1 aliphatic rings. The van der Waals surface area contributed by atoms with Crippen LogP contribution in [-0.2, 0) is 10.0 Å². The Morgan fingerprint density at radius 1 is 0.767 bits per heavy atom. The van der Waals surface area contributed by atoms with Crippen molar-refractivity contribution >= 4 is 49.1 Å². The summed E-state index contributed by atoms with van der Waals surface area (Å²) in [7, 11) is -2.55. The molecule has 148 valence electrons. The van der Waals surface area contributed by atoms with Gasteiger partial charge in [0.2, 0.25) is 0 Å². The molecule has 1 heterocycles. The Bertz CT molecular complexity index is 1470. The largest absolute Gasteiger partial charge is 0.280 e. The second-order valence-corrected chi connectivity index (χ2v) is 8.83. The highest BCUT2D eigenvalue weighted by Gasteiger charge is 2.32. The molecule has 1 aliphatic heterocycles. The topological polar surface area (TPSA) is 83.6 Å². The number of anilines is 1. The van der Waals surface area contributed by atoms with Gasteiger partial charge in [-0.3, -0.25) is 19.2 Å². The Morgan fingerprint density at radius 3 is 2.23 bits per heavy atom. The first kappa shape index (κ1) is 18.3. The average molecular weight is 416 g/mol. The maximum atomic E-state index is 13.2. The Kier molecular flexibility index (Phi) is 3.91. The minimum Gasteiger partial charge on any atom is -0.280 e. The van der Waals surface area contributed by atoms with E-state index in [0.717, 1.165) is 15.7 Å². The molecule has 30 heavy (non-hydrogen) atoms. The van der Waals surface area contributed by atoms with Gasteiger partial charge in [-0.05, 0) is 41.1 Å². The molecule has 0 fully saturated rings. The van der Waals surface area contributed by atoms with Gasteiger partial charge in [0.15, 0.2) is 0 Å². The smallest absolute Gasteiger partial charge is 0.262 e. The van der Waals surface area contributed by atoms with Crippen LogP contribution in [0, 0.1) is 0 Å². The molecule has 0 saturated heterocycles. The van der Waals surface area contributed by atoms with Gasteiger partial charge in [-0.25, -0.2) is 8.42 Å². The van der Waals surface area contributed by atoms with E-state index in [4.69, 9.17) is 0 Å². The molecule has 0 bridgehead atoms. The molecule has 6 nitrogen and oxygen atoms in total. The summed E-state index contributed by atoms with van der Waals surface area (Å²) in [6.45, 7) is 0. The van der Waals surface area contributed by atoms with E-state index in [9.17, 15) is 18.0 Å². The normalized spacial score (nSPS) is 13.8. The number of benzene rings is 4. The minimum absolute atomic E-state index is 0.0152. The molecular formula is C23H16N2O4S. The van der Waals surface area contributed by atoms with Crippen LogP contribution in [0.25, 0.3) is 21.5 Å². The van der Waals surface area contributed by atoms with Gasteiger partial charge < -0.3 is 0 Å². The maximum Gasteiger partial charge on any atom is 0.262 e. The van der Waals surface area contributed by atoms with Gasteiger partial charge in [0.1, 0.15) is 0 Å². The van der Waals surface area contributed by atoms with E-state index in [1.54, 1.807) is 30.3 Å². The number of amides is 2. The van der Waals surface area contributed by atoms with Crippen molar-refractivity contribution in [3.05, 3.63) is 83.9 Å². The van der Waals surface area contributed by atoms with Crippen molar-refractivity contribution in [2.75, 3.05) is 11.8 Å². The van der Waals surface area contributed by atoms with Crippen molar-refractivity contribution in [1.82, 2.24) is 4.90 Å². The molecule has 0 radical (unpaired) electrons. The molecule has 0 aromatic heterocycles. The number of nitrogens with one attached hydrogen (secondary N) is 1. The third-order valence-corrected chi connectivity index (χ3v) is 6.80. The molecule has 7 heteroatoms. The first-order valence-corrected chi connectivity index (χ1v) is 10.7. The van der Waals surface area contributed by atoms with Crippen LogP contribution in [0.3, 0.4) is 0 Å². The van der Waals surface area contributed by atoms with Crippen molar-refractivity contribution in [2.24, 2.45) is 0 Å². The van der Waals surface area contributed by atoms with Crippen LogP contribution >= 0.6 is 0 Å². The summed E-state index contributed by atoms with van der Waals surface area (Å²) < 4.78 is 29.1. The summed E-state index contributed by atoms with van der Waals surface area (Å²) >= 11 is 0. The zero-order valence-electron chi connectivity index (χ0n) is 15.9. The van der Waals surface area contributed by atoms with Gasteiger partial charge in [0.25, 0.3) is 21.8 Å². The van der Waals surface area contributed by atoms with Crippen LogP contribution in [0.15, 0.2) is 77.7 Å². The number of sulfonamides is 1. The zero-order valence-corrected chi connectivity index (χ0v) is 16.7. The second-order valence-electron chi connectivity index (χ2n) is 7.18. The summed E-state index contributed by atoms with van der Waals surface area (Å²) in [6, 6.07) is 20.7. The van der Waals surface area contributed by atoms with Gasteiger partial charge in [-0.2, -0.15) is 0 Å². The lowest BCUT2D eigenvalue weighted by Crippen LogP contribution is -2.37. The third kappa shape index (κ3) is 2.67. The molecular weight excluding hydrogens is 400 g/mol. The summed E-state index contributed by atoms with van der Waals surface area (Å²) in [4.78, 5) is 26.1. The van der Waals surface area contributed by atoms with Crippen LogP contribution in [0.2, 0.25) is 0 Å². The average Bonchev–Trinajstić information content (AvgIpc) is 2.75. The maximum absolute atomic E-state index is 13.2. The SMILES string of the molecule is CN1C(=O)c2cccc3c(S(=O)(=O)Nc4ccc5ccccc5c4)ccc(c23)C1=O. The number of nitrogens with zero attached hydrogens (tertiary/aromatic N) is 1. The van der Waals surface area contributed by atoms with Gasteiger partial charge in [-0.15, -0.1) is 0 Å². The third-order valence-electron chi connectivity index (χ3n) is 5.36. The number of fused-ring (bicyclic) bond motifs is 1. The monoisotopic (exact) mass is 416 g/mol. The number of carbonyl (C=O) groups is 2. The first-order chi connectivity index (χ1) is 14.4. The highest BCUT2D eigenvalue weighted by Crippen LogP contribution is 2.34. The lowest BCUT2D eigenvalue weighted by atomic mass is 9.94. The molecule has 0 saturated carbocycles. The molecule has 5 rings (SSSR count). The van der Waals surface area contributed by atoms with Crippen LogP contribution in [0.4, 0.5) is 5.69 Å². The summed E-state index contributed by atoms with van der Waals surface area (Å²) in [6.07, 6.45) is 0. The number of carbonyl (C=O) groups excluding carboxylic acids is 2. The zero-order chi connectivity index (χ0) is 21.0. The van der Waals surface area contributed by atoms with Crippen molar-refractivity contribution in [2.45, 2.75) is 4.90 Å². The molecule has 0 aliphatic carbocycles. The van der Waals surface area contributed by atoms with E-state index in [1.165, 1.54) is 19.2 Å². The summed E-state index contributed by atoms with van der Waals surface area (Å²) in [5.41, 5.74) is 1.06. The van der Waals surface area contributed by atoms with E-state index in [-0.39, 0.29) is 4.90 Å². The predicted molar refractivity (Wildman–Crippen MR) is 115 cm³/mol. The van der Waals surface area contributed by atoms with Gasteiger partial charge >= 0.3 is 0 Å². The summed E-state index contributed by atoms with van der Waals surface area (Å²) in [5, 5.41) is 2.62. The fourth-order valence-electron chi connectivity index (χ4n) is 3.89. The number of rotatable bonds is 3. The van der Waals surface area contributed by atoms with E-state index in [2.05, 4.69) is 4.72 Å². The fraction of sp³-hybridized carbons (Fsp3) is 0.0435. The van der Waals surface area contributed by atoms with Crippen LogP contribution in [-0.4, -0.2) is 32.2 Å². The lowest BCUT2D eigenvalue weighted by molar-refractivity contribution is 0.0650. The molecule has 1 N–H and O–H groups in total. The lowest BCUT2D eigenvalue weighted by Gasteiger charge is -2.24. The van der Waals surface area contributed by atoms with Crippen LogP contribution in [0.1, 0.15) is 20.7 Å². The van der Waals surface area contributed by atoms with Crippen LogP contribution < -0.4 is 4.72 Å². The molecule has 0 unspecified atom stereocenters. The molecule has 4 aromatic rings. The summed E-state index contributed by atoms with van der Waals surface area (Å²) in [5.74, 6) is -0.898. The van der Waals surface area contributed by atoms with E-state index in [1.807, 2.05) is 30.3 Å². The van der Waals surface area contributed by atoms with Gasteiger partial charge in [-0.1, -0.05) is 42.5 Å². The van der Waals surface area contributed by atoms with Crippen molar-refractivity contribution in [3.63, 3.8) is 0 Å². The van der Waals surface area contributed by atoms with E-state index in [0.29, 0.717) is 27.6 Å². The highest BCUT2D eigenvalue weighted by atomic mass is 32.2. The van der Waals surface area contributed by atoms with Crippen molar-refractivity contribution < 1.29 is 18.0 Å². The number of hydrogen-bond acceptors (Lipinski definition) is 4. The Hall–Kier alpha value is -3.71. The molecule has 2 amide bonds. The fourth-order valence-corrected chi connectivity index (χ4v) is 5.14. The molecule has 0 spiro atoms. The first-order valence-electron chi connectivity index (χ1n) is 9.26. The molecule has 4 aromatic carbocycles. The van der Waals surface area contributed by atoms with Crippen LogP contribution in [0.5, 0.6) is 0 Å². The Labute approximate surface area is 172 Å².